The second-order valence-corrected chi connectivity index (χ2v) is 5.63. The van der Waals surface area contributed by atoms with Crippen molar-refractivity contribution in [3.8, 4) is 11.5 Å². The lowest BCUT2D eigenvalue weighted by Gasteiger charge is -2.07. The van der Waals surface area contributed by atoms with Crippen molar-refractivity contribution in [2.24, 2.45) is 0 Å². The lowest BCUT2D eigenvalue weighted by Crippen LogP contribution is -2.37. The van der Waals surface area contributed by atoms with E-state index >= 15 is 0 Å². The van der Waals surface area contributed by atoms with E-state index in [1.165, 1.54) is 0 Å². The van der Waals surface area contributed by atoms with Gasteiger partial charge in [0.15, 0.2) is 0 Å². The minimum atomic E-state index is -0.733. The molecule has 0 aliphatic carbocycles. The molecule has 26 heavy (non-hydrogen) atoms. The van der Waals surface area contributed by atoms with Crippen LogP contribution in [0.3, 0.4) is 0 Å². The lowest BCUT2D eigenvalue weighted by molar-refractivity contribution is -0.136. The van der Waals surface area contributed by atoms with Crippen LogP contribution in [0.1, 0.15) is 11.6 Å². The summed E-state index contributed by atoms with van der Waals surface area (Å²) in [6.07, 6.45) is 1.81. The number of amides is 2. The fraction of sp³-hybridized carbons (Fsp3) is 0.235. The monoisotopic (exact) mass is 354 g/mol. The number of anilines is 1. The maximum absolute atomic E-state index is 11.9. The third-order valence-electron chi connectivity index (χ3n) is 3.52. The van der Waals surface area contributed by atoms with Gasteiger partial charge in [-0.1, -0.05) is 0 Å². The quantitative estimate of drug-likeness (QED) is 0.668. The smallest absolute Gasteiger partial charge is 0.313 e. The molecule has 0 aliphatic rings. The number of benzene rings is 1. The highest BCUT2D eigenvalue weighted by atomic mass is 16.4. The summed E-state index contributed by atoms with van der Waals surface area (Å²) in [6, 6.07) is 8.63. The highest BCUT2D eigenvalue weighted by Gasteiger charge is 2.13. The molecule has 3 rings (SSSR count). The van der Waals surface area contributed by atoms with E-state index in [0.29, 0.717) is 30.6 Å². The predicted octanol–water partition coefficient (Wildman–Crippen LogP) is 1.30. The van der Waals surface area contributed by atoms with Gasteiger partial charge >= 0.3 is 11.8 Å². The highest BCUT2D eigenvalue weighted by molar-refractivity contribution is 6.39. The van der Waals surface area contributed by atoms with E-state index in [2.05, 4.69) is 25.9 Å². The first-order valence-electron chi connectivity index (χ1n) is 8.01. The number of rotatable bonds is 5. The van der Waals surface area contributed by atoms with Crippen LogP contribution in [0.25, 0.3) is 11.5 Å². The molecule has 0 atom stereocenters. The van der Waals surface area contributed by atoms with Crippen LogP contribution in [-0.2, 0) is 16.1 Å². The molecule has 0 aliphatic heterocycles. The zero-order valence-electron chi connectivity index (χ0n) is 14.4. The Hall–Kier alpha value is -3.49. The Balaban J connectivity index is 1.49. The average Bonchev–Trinajstić information content (AvgIpc) is 3.24. The van der Waals surface area contributed by atoms with Gasteiger partial charge in [-0.15, -0.1) is 10.2 Å². The normalized spacial score (nSPS) is 10.5. The van der Waals surface area contributed by atoms with Crippen LogP contribution >= 0.6 is 0 Å². The molecule has 9 heteroatoms. The molecule has 0 saturated carbocycles. The fourth-order valence-corrected chi connectivity index (χ4v) is 2.25. The molecule has 2 aromatic heterocycles. The topological polar surface area (TPSA) is 115 Å². The van der Waals surface area contributed by atoms with Crippen molar-refractivity contribution in [2.75, 3.05) is 11.9 Å². The van der Waals surface area contributed by atoms with E-state index in [0.717, 1.165) is 11.3 Å². The number of carbonyl (C=O) groups excluding carboxylic acids is 2. The Morgan fingerprint density at radius 3 is 2.46 bits per heavy atom. The van der Waals surface area contributed by atoms with Crippen LogP contribution in [0.4, 0.5) is 5.69 Å². The van der Waals surface area contributed by atoms with Gasteiger partial charge < -0.3 is 15.1 Å². The summed E-state index contributed by atoms with van der Waals surface area (Å²) in [5.41, 5.74) is 2.11. The Kier molecular flexibility index (Phi) is 5.07. The van der Waals surface area contributed by atoms with Crippen molar-refractivity contribution in [1.82, 2.24) is 25.3 Å². The number of nitrogens with zero attached hydrogens (tertiary/aromatic N) is 4. The minimum Gasteiger partial charge on any atom is -0.421 e. The zero-order valence-corrected chi connectivity index (χ0v) is 14.4. The standard InChI is InChI=1S/C17H18N6O3/c1-11-7-9-23(22-11)10-8-18-15(24)16(25)19-14-5-3-13(4-6-14)17-21-20-12(2)26-17/h3-7,9H,8,10H2,1-2H3,(H,18,24)(H,19,25). The van der Waals surface area contributed by atoms with Crippen LogP contribution in [0.5, 0.6) is 0 Å². The molecule has 2 N–H and O–H groups in total. The van der Waals surface area contributed by atoms with E-state index in [1.54, 1.807) is 35.9 Å². The molecule has 2 amide bonds. The van der Waals surface area contributed by atoms with Crippen molar-refractivity contribution >= 4 is 17.5 Å². The van der Waals surface area contributed by atoms with Crippen molar-refractivity contribution in [3.63, 3.8) is 0 Å². The molecule has 9 nitrogen and oxygen atoms in total. The molecule has 3 aromatic rings. The fourth-order valence-electron chi connectivity index (χ4n) is 2.25. The van der Waals surface area contributed by atoms with Crippen LogP contribution in [-0.4, -0.2) is 38.3 Å². The third-order valence-corrected chi connectivity index (χ3v) is 3.52. The predicted molar refractivity (Wildman–Crippen MR) is 93.1 cm³/mol. The Labute approximate surface area is 149 Å². The zero-order chi connectivity index (χ0) is 18.5. The van der Waals surface area contributed by atoms with E-state index < -0.39 is 11.8 Å². The molecule has 0 fully saturated rings. The molecule has 2 heterocycles. The van der Waals surface area contributed by atoms with Crippen molar-refractivity contribution in [1.29, 1.82) is 0 Å². The molecule has 1 aromatic carbocycles. The van der Waals surface area contributed by atoms with E-state index in [-0.39, 0.29) is 0 Å². The molecule has 0 unspecified atom stereocenters. The minimum absolute atomic E-state index is 0.308. The molecule has 0 bridgehead atoms. The molecular formula is C17H18N6O3. The Morgan fingerprint density at radius 1 is 1.08 bits per heavy atom. The summed E-state index contributed by atoms with van der Waals surface area (Å²) < 4.78 is 7.03. The maximum Gasteiger partial charge on any atom is 0.313 e. The van der Waals surface area contributed by atoms with Crippen LogP contribution in [0, 0.1) is 13.8 Å². The van der Waals surface area contributed by atoms with Crippen LogP contribution < -0.4 is 10.6 Å². The van der Waals surface area contributed by atoms with Crippen molar-refractivity contribution in [2.45, 2.75) is 20.4 Å². The maximum atomic E-state index is 11.9. The van der Waals surface area contributed by atoms with Crippen LogP contribution in [0.15, 0.2) is 40.9 Å². The van der Waals surface area contributed by atoms with Crippen LogP contribution in [0.2, 0.25) is 0 Å². The largest absolute Gasteiger partial charge is 0.421 e. The first-order chi connectivity index (χ1) is 12.5. The number of carbonyl (C=O) groups is 2. The Bertz CT molecular complexity index is 913. The summed E-state index contributed by atoms with van der Waals surface area (Å²) in [6.45, 7) is 4.39. The first kappa shape index (κ1) is 17.3. The average molecular weight is 354 g/mol. The number of aryl methyl sites for hydroxylation is 2. The molecule has 0 radical (unpaired) electrons. The summed E-state index contributed by atoms with van der Waals surface area (Å²) in [5.74, 6) is -0.570. The first-order valence-corrected chi connectivity index (χ1v) is 8.01. The van der Waals surface area contributed by atoms with Gasteiger partial charge in [0.2, 0.25) is 11.8 Å². The van der Waals surface area contributed by atoms with Gasteiger partial charge in [-0.2, -0.15) is 5.10 Å². The molecule has 0 spiro atoms. The number of nitrogens with one attached hydrogen (secondary N) is 2. The second-order valence-electron chi connectivity index (χ2n) is 5.63. The van der Waals surface area contributed by atoms with Gasteiger partial charge in [0.05, 0.1) is 12.2 Å². The SMILES string of the molecule is Cc1ccn(CCNC(=O)C(=O)Nc2ccc(-c3nnc(C)o3)cc2)n1. The van der Waals surface area contributed by atoms with Gasteiger partial charge in [0.1, 0.15) is 0 Å². The summed E-state index contributed by atoms with van der Waals surface area (Å²) in [4.78, 5) is 23.8. The third kappa shape index (κ3) is 4.32. The summed E-state index contributed by atoms with van der Waals surface area (Å²) >= 11 is 0. The number of hydrogen-bond donors (Lipinski definition) is 2. The Morgan fingerprint density at radius 2 is 1.85 bits per heavy atom. The van der Waals surface area contributed by atoms with E-state index in [9.17, 15) is 9.59 Å². The number of hydrogen-bond acceptors (Lipinski definition) is 6. The van der Waals surface area contributed by atoms with Gasteiger partial charge in [0.25, 0.3) is 0 Å². The lowest BCUT2D eigenvalue weighted by atomic mass is 10.2. The molecular weight excluding hydrogens is 336 g/mol. The van der Waals surface area contributed by atoms with Gasteiger partial charge in [0, 0.05) is 30.9 Å². The van der Waals surface area contributed by atoms with Crippen molar-refractivity contribution in [3.05, 3.63) is 48.1 Å². The van der Waals surface area contributed by atoms with Crippen molar-refractivity contribution < 1.29 is 14.0 Å². The van der Waals surface area contributed by atoms with Gasteiger partial charge in [-0.25, -0.2) is 0 Å². The van der Waals surface area contributed by atoms with Gasteiger partial charge in [-0.3, -0.25) is 14.3 Å². The van der Waals surface area contributed by atoms with E-state index in [1.807, 2.05) is 19.2 Å². The van der Waals surface area contributed by atoms with Gasteiger partial charge in [-0.05, 0) is 37.3 Å². The summed E-state index contributed by atoms with van der Waals surface area (Å²) in [7, 11) is 0. The number of aromatic nitrogens is 4. The molecule has 134 valence electrons. The summed E-state index contributed by atoms with van der Waals surface area (Å²) in [5, 5.41) is 17.0. The second kappa shape index (κ2) is 7.60. The highest BCUT2D eigenvalue weighted by Crippen LogP contribution is 2.19. The molecule has 0 saturated heterocycles. The van der Waals surface area contributed by atoms with E-state index in [4.69, 9.17) is 4.42 Å².